The minimum absolute atomic E-state index is 0.121. The maximum Gasteiger partial charge on any atom is 0.332 e. The second kappa shape index (κ2) is 5.58. The highest BCUT2D eigenvalue weighted by atomic mass is 32.2. The number of nitrogens with one attached hydrogen (secondary N) is 1. The van der Waals surface area contributed by atoms with Crippen LogP contribution in [0.15, 0.2) is 9.59 Å². The van der Waals surface area contributed by atoms with E-state index < -0.39 is 21.3 Å². The van der Waals surface area contributed by atoms with Crippen molar-refractivity contribution in [2.45, 2.75) is 12.5 Å². The SMILES string of the molecule is Cn1c(N2CCC(NS(C)(=O)=O)C2)c(C#N)c(=O)n(C)c1=O. The number of hydrogen-bond donors (Lipinski definition) is 1. The van der Waals surface area contributed by atoms with E-state index in [1.54, 1.807) is 4.90 Å². The van der Waals surface area contributed by atoms with Gasteiger partial charge in [0.05, 0.1) is 6.26 Å². The van der Waals surface area contributed by atoms with E-state index >= 15 is 0 Å². The van der Waals surface area contributed by atoms with E-state index in [9.17, 15) is 23.3 Å². The van der Waals surface area contributed by atoms with Crippen LogP contribution in [0.3, 0.4) is 0 Å². The molecule has 10 heteroatoms. The van der Waals surface area contributed by atoms with E-state index in [0.717, 1.165) is 10.8 Å². The van der Waals surface area contributed by atoms with Crippen molar-refractivity contribution >= 4 is 15.8 Å². The molecule has 1 aliphatic heterocycles. The molecule has 0 aromatic carbocycles. The van der Waals surface area contributed by atoms with Crippen molar-refractivity contribution < 1.29 is 8.42 Å². The molecule has 1 N–H and O–H groups in total. The van der Waals surface area contributed by atoms with Crippen molar-refractivity contribution in [3.8, 4) is 6.07 Å². The fourth-order valence-electron chi connectivity index (χ4n) is 2.65. The zero-order valence-electron chi connectivity index (χ0n) is 12.5. The molecule has 0 radical (unpaired) electrons. The highest BCUT2D eigenvalue weighted by Gasteiger charge is 2.29. The quantitative estimate of drug-likeness (QED) is 0.692. The highest BCUT2D eigenvalue weighted by Crippen LogP contribution is 2.21. The molecule has 1 aromatic rings. The Balaban J connectivity index is 2.46. The standard InChI is InChI=1S/C12H17N5O4S/c1-15-10(9(6-13)11(18)16(2)12(15)19)17-5-4-8(7-17)14-22(3,20)21/h8,14H,4-5,7H2,1-3H3. The van der Waals surface area contributed by atoms with Crippen molar-refractivity contribution in [2.75, 3.05) is 24.2 Å². The summed E-state index contributed by atoms with van der Waals surface area (Å²) < 4.78 is 27.2. The topological polar surface area (TPSA) is 117 Å². The Hall–Kier alpha value is -2.12. The molecule has 1 unspecified atom stereocenters. The lowest BCUT2D eigenvalue weighted by molar-refractivity contribution is 0.567. The van der Waals surface area contributed by atoms with Gasteiger partial charge in [0.15, 0.2) is 5.56 Å². The Bertz CT molecular complexity index is 861. The molecule has 22 heavy (non-hydrogen) atoms. The number of hydrogen-bond acceptors (Lipinski definition) is 6. The summed E-state index contributed by atoms with van der Waals surface area (Å²) in [5.74, 6) is 0.230. The van der Waals surface area contributed by atoms with Gasteiger partial charge in [-0.2, -0.15) is 5.26 Å². The lowest BCUT2D eigenvalue weighted by Gasteiger charge is -2.22. The molecule has 9 nitrogen and oxygen atoms in total. The predicted octanol–water partition coefficient (Wildman–Crippen LogP) is -1.92. The number of nitriles is 1. The van der Waals surface area contributed by atoms with E-state index in [0.29, 0.717) is 19.5 Å². The predicted molar refractivity (Wildman–Crippen MR) is 80.2 cm³/mol. The molecule has 0 amide bonds. The van der Waals surface area contributed by atoms with Gasteiger partial charge in [-0.05, 0) is 6.42 Å². The normalized spacial score (nSPS) is 18.5. The van der Waals surface area contributed by atoms with E-state index in [2.05, 4.69) is 4.72 Å². The minimum Gasteiger partial charge on any atom is -0.355 e. The molecule has 1 fully saturated rings. The van der Waals surface area contributed by atoms with Crippen LogP contribution in [0.1, 0.15) is 12.0 Å². The van der Waals surface area contributed by atoms with Crippen molar-refractivity contribution in [3.63, 3.8) is 0 Å². The van der Waals surface area contributed by atoms with Crippen LogP contribution >= 0.6 is 0 Å². The molecule has 1 aliphatic rings. The maximum atomic E-state index is 12.0. The average molecular weight is 327 g/mol. The van der Waals surface area contributed by atoms with E-state index in [-0.39, 0.29) is 17.4 Å². The maximum absolute atomic E-state index is 12.0. The summed E-state index contributed by atoms with van der Waals surface area (Å²) in [6, 6.07) is 1.52. The summed E-state index contributed by atoms with van der Waals surface area (Å²) in [4.78, 5) is 25.8. The monoisotopic (exact) mass is 327 g/mol. The van der Waals surface area contributed by atoms with Gasteiger partial charge in [-0.3, -0.25) is 13.9 Å². The smallest absolute Gasteiger partial charge is 0.332 e. The number of anilines is 1. The summed E-state index contributed by atoms with van der Waals surface area (Å²) in [7, 11) is -0.544. The molecule has 0 saturated carbocycles. The lowest BCUT2D eigenvalue weighted by Crippen LogP contribution is -2.43. The molecule has 1 atom stereocenters. The second-order valence-electron chi connectivity index (χ2n) is 5.34. The summed E-state index contributed by atoms with van der Waals surface area (Å²) >= 11 is 0. The molecular formula is C12H17N5O4S. The molecule has 1 saturated heterocycles. The lowest BCUT2D eigenvalue weighted by atomic mass is 10.3. The molecule has 2 heterocycles. The van der Waals surface area contributed by atoms with Gasteiger partial charge in [-0.25, -0.2) is 17.9 Å². The van der Waals surface area contributed by atoms with Crippen LogP contribution in [-0.2, 0) is 24.1 Å². The summed E-state index contributed by atoms with van der Waals surface area (Å²) in [5, 5.41) is 9.23. The van der Waals surface area contributed by atoms with E-state index in [4.69, 9.17) is 0 Å². The van der Waals surface area contributed by atoms with Crippen LogP contribution in [0.2, 0.25) is 0 Å². The van der Waals surface area contributed by atoms with Crippen LogP contribution in [-0.4, -0.2) is 42.9 Å². The van der Waals surface area contributed by atoms with Gasteiger partial charge in [0.1, 0.15) is 11.9 Å². The van der Waals surface area contributed by atoms with Crippen molar-refractivity contribution in [1.29, 1.82) is 5.26 Å². The van der Waals surface area contributed by atoms with Gasteiger partial charge in [0.2, 0.25) is 10.0 Å². The number of aromatic nitrogens is 2. The third kappa shape index (κ3) is 2.90. The van der Waals surface area contributed by atoms with Crippen molar-refractivity contribution in [1.82, 2.24) is 13.9 Å². The molecule has 0 spiro atoms. The fourth-order valence-corrected chi connectivity index (χ4v) is 3.45. The third-order valence-electron chi connectivity index (χ3n) is 3.61. The third-order valence-corrected chi connectivity index (χ3v) is 4.38. The molecule has 1 aromatic heterocycles. The first kappa shape index (κ1) is 16.3. The molecule has 0 aliphatic carbocycles. The van der Waals surface area contributed by atoms with Gasteiger partial charge in [-0.1, -0.05) is 0 Å². The van der Waals surface area contributed by atoms with Crippen LogP contribution in [0.5, 0.6) is 0 Å². The van der Waals surface area contributed by atoms with Gasteiger partial charge in [0, 0.05) is 33.2 Å². The first-order valence-electron chi connectivity index (χ1n) is 6.58. The zero-order chi connectivity index (χ0) is 16.7. The van der Waals surface area contributed by atoms with E-state index in [1.807, 2.05) is 6.07 Å². The molecule has 120 valence electrons. The van der Waals surface area contributed by atoms with Gasteiger partial charge in [-0.15, -0.1) is 0 Å². The number of sulfonamides is 1. The first-order chi connectivity index (χ1) is 10.2. The zero-order valence-corrected chi connectivity index (χ0v) is 13.3. The Morgan fingerprint density at radius 2 is 1.91 bits per heavy atom. The van der Waals surface area contributed by atoms with Gasteiger partial charge >= 0.3 is 5.69 Å². The Morgan fingerprint density at radius 3 is 2.45 bits per heavy atom. The Kier molecular flexibility index (Phi) is 4.12. The van der Waals surface area contributed by atoms with Gasteiger partial charge < -0.3 is 4.90 Å². The largest absolute Gasteiger partial charge is 0.355 e. The van der Waals surface area contributed by atoms with Crippen molar-refractivity contribution in [3.05, 3.63) is 26.4 Å². The molecular weight excluding hydrogens is 310 g/mol. The number of rotatable bonds is 3. The fraction of sp³-hybridized carbons (Fsp3) is 0.583. The molecule has 2 rings (SSSR count). The number of nitrogens with zero attached hydrogens (tertiary/aromatic N) is 4. The van der Waals surface area contributed by atoms with Crippen LogP contribution in [0.25, 0.3) is 0 Å². The van der Waals surface area contributed by atoms with Crippen LogP contribution in [0.4, 0.5) is 5.82 Å². The molecule has 0 bridgehead atoms. The van der Waals surface area contributed by atoms with Crippen LogP contribution < -0.4 is 20.9 Å². The van der Waals surface area contributed by atoms with Crippen molar-refractivity contribution in [2.24, 2.45) is 14.1 Å². The summed E-state index contributed by atoms with van der Waals surface area (Å²) in [6.07, 6.45) is 1.60. The first-order valence-corrected chi connectivity index (χ1v) is 8.47. The Morgan fingerprint density at radius 1 is 1.27 bits per heavy atom. The average Bonchev–Trinajstić information content (AvgIpc) is 2.86. The van der Waals surface area contributed by atoms with E-state index in [1.165, 1.54) is 18.7 Å². The Labute approximate surface area is 127 Å². The highest BCUT2D eigenvalue weighted by molar-refractivity contribution is 7.88. The van der Waals surface area contributed by atoms with Crippen LogP contribution in [0, 0.1) is 11.3 Å². The van der Waals surface area contributed by atoms with Gasteiger partial charge in [0.25, 0.3) is 5.56 Å². The summed E-state index contributed by atoms with van der Waals surface area (Å²) in [6.45, 7) is 0.741. The second-order valence-corrected chi connectivity index (χ2v) is 7.12. The summed E-state index contributed by atoms with van der Waals surface area (Å²) in [5.41, 5.74) is -1.30. The minimum atomic E-state index is -3.34.